The summed E-state index contributed by atoms with van der Waals surface area (Å²) >= 11 is 0. The minimum absolute atomic E-state index is 0.0213. The maximum absolute atomic E-state index is 12.5. The van der Waals surface area contributed by atoms with Gasteiger partial charge in [0, 0.05) is 0 Å². The van der Waals surface area contributed by atoms with E-state index in [1.54, 1.807) is 18.2 Å². The minimum atomic E-state index is -3.87. The lowest BCUT2D eigenvalue weighted by Crippen LogP contribution is -2.08. The summed E-state index contributed by atoms with van der Waals surface area (Å²) in [5.74, 6) is -1.75. The predicted octanol–water partition coefficient (Wildman–Crippen LogP) is 1.83. The average molecular weight is 288 g/mol. The van der Waals surface area contributed by atoms with Gasteiger partial charge in [-0.3, -0.25) is 0 Å². The lowest BCUT2D eigenvalue weighted by molar-refractivity contribution is 0.0442. The molecule has 100 valence electrons. The van der Waals surface area contributed by atoms with Crippen molar-refractivity contribution in [2.45, 2.75) is 9.79 Å². The molecule has 0 radical (unpaired) electrons. The number of sulfone groups is 1. The normalized spacial score (nSPS) is 14.0. The number of hydrogen-bond acceptors (Lipinski definition) is 5. The van der Waals surface area contributed by atoms with Gasteiger partial charge < -0.3 is 4.74 Å². The second kappa shape index (κ2) is 4.28. The van der Waals surface area contributed by atoms with Crippen LogP contribution < -0.4 is 0 Å². The highest BCUT2D eigenvalue weighted by atomic mass is 32.2. The highest BCUT2D eigenvalue weighted by Gasteiger charge is 2.36. The smallest absolute Gasteiger partial charge is 0.348 e. The van der Waals surface area contributed by atoms with Crippen molar-refractivity contribution in [3.8, 4) is 0 Å². The van der Waals surface area contributed by atoms with Crippen LogP contribution in [0, 0.1) is 0 Å². The van der Waals surface area contributed by atoms with E-state index in [1.165, 1.54) is 30.3 Å². The first-order chi connectivity index (χ1) is 9.51. The Morgan fingerprint density at radius 2 is 1.50 bits per heavy atom. The van der Waals surface area contributed by atoms with E-state index < -0.39 is 21.8 Å². The fraction of sp³-hybridized carbons (Fsp3) is 0. The van der Waals surface area contributed by atoms with Crippen LogP contribution in [0.25, 0.3) is 0 Å². The molecule has 0 saturated carbocycles. The van der Waals surface area contributed by atoms with E-state index in [9.17, 15) is 18.0 Å². The fourth-order valence-corrected chi connectivity index (χ4v) is 3.54. The van der Waals surface area contributed by atoms with Crippen LogP contribution >= 0.6 is 0 Å². The van der Waals surface area contributed by atoms with Gasteiger partial charge >= 0.3 is 11.9 Å². The molecule has 0 aromatic heterocycles. The van der Waals surface area contributed by atoms with Crippen LogP contribution in [0.3, 0.4) is 0 Å². The molecular weight excluding hydrogens is 280 g/mol. The van der Waals surface area contributed by atoms with Gasteiger partial charge in [0.05, 0.1) is 20.9 Å². The maximum atomic E-state index is 12.5. The number of fused-ring (bicyclic) bond motifs is 1. The molecule has 1 heterocycles. The highest BCUT2D eigenvalue weighted by molar-refractivity contribution is 7.91. The van der Waals surface area contributed by atoms with E-state index in [2.05, 4.69) is 4.74 Å². The van der Waals surface area contributed by atoms with Gasteiger partial charge in [-0.15, -0.1) is 0 Å². The lowest BCUT2D eigenvalue weighted by atomic mass is 10.1. The van der Waals surface area contributed by atoms with Gasteiger partial charge in [-0.2, -0.15) is 0 Å². The van der Waals surface area contributed by atoms with E-state index in [4.69, 9.17) is 0 Å². The number of carbonyl (C=O) groups excluding carboxylic acids is 2. The summed E-state index contributed by atoms with van der Waals surface area (Å²) in [6.45, 7) is 0. The van der Waals surface area contributed by atoms with Gasteiger partial charge in [0.2, 0.25) is 9.84 Å². The summed E-state index contributed by atoms with van der Waals surface area (Å²) in [5, 5.41) is 0. The van der Waals surface area contributed by atoms with E-state index in [-0.39, 0.29) is 20.9 Å². The van der Waals surface area contributed by atoms with Gasteiger partial charge in [-0.25, -0.2) is 18.0 Å². The van der Waals surface area contributed by atoms with E-state index >= 15 is 0 Å². The molecule has 20 heavy (non-hydrogen) atoms. The zero-order valence-electron chi connectivity index (χ0n) is 10.1. The SMILES string of the molecule is O=C1OC(=O)c2c1cccc2S(=O)(=O)c1ccccc1. The summed E-state index contributed by atoms with van der Waals surface area (Å²) in [6, 6.07) is 11.8. The quantitative estimate of drug-likeness (QED) is 0.622. The third kappa shape index (κ3) is 1.73. The van der Waals surface area contributed by atoms with Crippen LogP contribution in [-0.4, -0.2) is 20.4 Å². The lowest BCUT2D eigenvalue weighted by Gasteiger charge is -2.06. The molecule has 0 amide bonds. The molecule has 0 saturated heterocycles. The Morgan fingerprint density at radius 1 is 0.800 bits per heavy atom. The second-order valence-electron chi connectivity index (χ2n) is 4.17. The van der Waals surface area contributed by atoms with Crippen LogP contribution in [0.15, 0.2) is 58.3 Å². The number of cyclic esters (lactones) is 2. The first kappa shape index (κ1) is 12.6. The molecule has 6 heteroatoms. The third-order valence-corrected chi connectivity index (χ3v) is 4.79. The number of benzene rings is 2. The van der Waals surface area contributed by atoms with Crippen LogP contribution in [0.5, 0.6) is 0 Å². The maximum Gasteiger partial charge on any atom is 0.348 e. The monoisotopic (exact) mass is 288 g/mol. The third-order valence-electron chi connectivity index (χ3n) is 2.98. The molecule has 0 unspecified atom stereocenters. The van der Waals surface area contributed by atoms with Gasteiger partial charge in [-0.05, 0) is 24.3 Å². The van der Waals surface area contributed by atoms with Gasteiger partial charge in [0.1, 0.15) is 0 Å². The zero-order valence-corrected chi connectivity index (χ0v) is 10.9. The zero-order chi connectivity index (χ0) is 14.3. The summed E-state index contributed by atoms with van der Waals surface area (Å²) in [7, 11) is -3.87. The summed E-state index contributed by atoms with van der Waals surface area (Å²) < 4.78 is 29.5. The molecule has 0 spiro atoms. The van der Waals surface area contributed by atoms with Crippen molar-refractivity contribution in [3.05, 3.63) is 59.7 Å². The molecule has 0 atom stereocenters. The minimum Gasteiger partial charge on any atom is -0.386 e. The number of esters is 2. The summed E-state index contributed by atoms with van der Waals surface area (Å²) in [6.07, 6.45) is 0. The molecule has 3 rings (SSSR count). The average Bonchev–Trinajstić information content (AvgIpc) is 2.75. The van der Waals surface area contributed by atoms with Crippen molar-refractivity contribution in [1.29, 1.82) is 0 Å². The standard InChI is InChI=1S/C14H8O5S/c15-13-10-7-4-8-11(12(10)14(16)19-13)20(17,18)9-5-2-1-3-6-9/h1-8H. The molecule has 2 aromatic rings. The number of rotatable bonds is 2. The van der Waals surface area contributed by atoms with Crippen molar-refractivity contribution < 1.29 is 22.7 Å². The molecular formula is C14H8O5S. The Hall–Kier alpha value is -2.47. The fourth-order valence-electron chi connectivity index (χ4n) is 2.05. The molecule has 0 N–H and O–H groups in total. The van der Waals surface area contributed by atoms with Crippen LogP contribution in [0.4, 0.5) is 0 Å². The second-order valence-corrected chi connectivity index (χ2v) is 6.09. The largest absolute Gasteiger partial charge is 0.386 e. The van der Waals surface area contributed by atoms with E-state index in [1.807, 2.05) is 0 Å². The number of hydrogen-bond donors (Lipinski definition) is 0. The first-order valence-corrected chi connectivity index (χ1v) is 7.20. The number of ether oxygens (including phenoxy) is 1. The summed E-state index contributed by atoms with van der Waals surface area (Å²) in [4.78, 5) is 23.0. The van der Waals surface area contributed by atoms with E-state index in [0.29, 0.717) is 0 Å². The Labute approximate surface area is 114 Å². The molecule has 5 nitrogen and oxygen atoms in total. The van der Waals surface area contributed by atoms with Crippen molar-refractivity contribution in [3.63, 3.8) is 0 Å². The molecule has 1 aliphatic heterocycles. The topological polar surface area (TPSA) is 77.5 Å². The molecule has 0 aliphatic carbocycles. The van der Waals surface area contributed by atoms with Crippen molar-refractivity contribution in [2.75, 3.05) is 0 Å². The number of carbonyl (C=O) groups is 2. The van der Waals surface area contributed by atoms with Crippen molar-refractivity contribution in [2.24, 2.45) is 0 Å². The summed E-state index contributed by atoms with van der Waals surface area (Å²) in [5.41, 5.74) is -0.214. The first-order valence-electron chi connectivity index (χ1n) is 5.71. The van der Waals surface area contributed by atoms with E-state index in [0.717, 1.165) is 0 Å². The van der Waals surface area contributed by atoms with Crippen molar-refractivity contribution >= 4 is 21.8 Å². The Kier molecular flexibility index (Phi) is 2.69. The van der Waals surface area contributed by atoms with Gasteiger partial charge in [-0.1, -0.05) is 24.3 Å². The van der Waals surface area contributed by atoms with Gasteiger partial charge in [0.25, 0.3) is 0 Å². The van der Waals surface area contributed by atoms with Crippen LogP contribution in [-0.2, 0) is 14.6 Å². The van der Waals surface area contributed by atoms with Crippen LogP contribution in [0.1, 0.15) is 20.7 Å². The molecule has 0 fully saturated rings. The molecule has 2 aromatic carbocycles. The highest BCUT2D eigenvalue weighted by Crippen LogP contribution is 2.30. The van der Waals surface area contributed by atoms with Gasteiger partial charge in [0.15, 0.2) is 0 Å². The van der Waals surface area contributed by atoms with Crippen LogP contribution in [0.2, 0.25) is 0 Å². The molecule has 1 aliphatic rings. The molecule has 0 bridgehead atoms. The Balaban J connectivity index is 2.28. The van der Waals surface area contributed by atoms with Crippen molar-refractivity contribution in [1.82, 2.24) is 0 Å². The Morgan fingerprint density at radius 3 is 2.20 bits per heavy atom. The Bertz CT molecular complexity index is 822. The predicted molar refractivity (Wildman–Crippen MR) is 68.1 cm³/mol.